The van der Waals surface area contributed by atoms with Crippen LogP contribution < -0.4 is 0 Å². The molecule has 0 spiro atoms. The molecule has 80 valence electrons. The van der Waals surface area contributed by atoms with Gasteiger partial charge in [0.15, 0.2) is 0 Å². The van der Waals surface area contributed by atoms with Gasteiger partial charge in [0.2, 0.25) is 0 Å². The van der Waals surface area contributed by atoms with Crippen molar-refractivity contribution >= 4 is 12.6 Å². The van der Waals surface area contributed by atoms with E-state index in [4.69, 9.17) is 4.74 Å². The average Bonchev–Trinajstić information content (AvgIpc) is 2.10. The Bertz CT molecular complexity index is 104. The Morgan fingerprint density at radius 2 is 1.62 bits per heavy atom. The summed E-state index contributed by atoms with van der Waals surface area (Å²) >= 11 is 4.17. The molecule has 0 amide bonds. The van der Waals surface area contributed by atoms with Gasteiger partial charge in [-0.25, -0.2) is 0 Å². The fourth-order valence-electron chi connectivity index (χ4n) is 1.03. The van der Waals surface area contributed by atoms with Crippen molar-refractivity contribution < 1.29 is 4.74 Å². The first-order valence-electron chi connectivity index (χ1n) is 5.41. The Morgan fingerprint density at radius 3 is 2.15 bits per heavy atom. The molecule has 0 saturated carbocycles. The maximum atomic E-state index is 5.66. The summed E-state index contributed by atoms with van der Waals surface area (Å²) in [4.78, 5) is 0. The monoisotopic (exact) mass is 204 g/mol. The molecule has 0 rings (SSSR count). The molecule has 0 aliphatic rings. The molecule has 0 N–H and O–H groups in total. The number of ether oxygens (including phenoxy) is 1. The van der Waals surface area contributed by atoms with Gasteiger partial charge in [0.25, 0.3) is 0 Å². The van der Waals surface area contributed by atoms with Crippen LogP contribution in [0.15, 0.2) is 0 Å². The summed E-state index contributed by atoms with van der Waals surface area (Å²) in [5, 5.41) is 0. The van der Waals surface area contributed by atoms with Crippen LogP contribution in [0.2, 0.25) is 0 Å². The van der Waals surface area contributed by atoms with Gasteiger partial charge < -0.3 is 4.74 Å². The van der Waals surface area contributed by atoms with Gasteiger partial charge in [0.1, 0.15) is 0 Å². The highest BCUT2D eigenvalue weighted by Gasteiger charge is 2.05. The molecule has 1 atom stereocenters. The van der Waals surface area contributed by atoms with Crippen LogP contribution >= 0.6 is 12.6 Å². The third-order valence-corrected chi connectivity index (χ3v) is 2.69. The minimum atomic E-state index is 0.407. The molecule has 2 heteroatoms. The molecule has 1 nitrogen and oxygen atoms in total. The number of thiol groups is 1. The van der Waals surface area contributed by atoms with Crippen LogP contribution in [0.1, 0.15) is 46.5 Å². The maximum Gasteiger partial charge on any atom is 0.0569 e. The molecule has 0 heterocycles. The van der Waals surface area contributed by atoms with E-state index in [1.807, 2.05) is 0 Å². The third-order valence-electron chi connectivity index (χ3n) is 2.37. The lowest BCUT2D eigenvalue weighted by atomic mass is 10.1. The van der Waals surface area contributed by atoms with E-state index < -0.39 is 0 Å². The summed E-state index contributed by atoms with van der Waals surface area (Å²) in [7, 11) is 0. The number of rotatable bonds is 8. The number of hydrogen-bond acceptors (Lipinski definition) is 2. The van der Waals surface area contributed by atoms with Crippen molar-refractivity contribution in [3.05, 3.63) is 0 Å². The lowest BCUT2D eigenvalue weighted by Gasteiger charge is -2.16. The van der Waals surface area contributed by atoms with Crippen molar-refractivity contribution in [1.82, 2.24) is 0 Å². The lowest BCUT2D eigenvalue weighted by Crippen LogP contribution is -2.15. The maximum absolute atomic E-state index is 5.66. The Balaban J connectivity index is 3.07. The van der Waals surface area contributed by atoms with E-state index in [1.165, 1.54) is 25.7 Å². The van der Waals surface area contributed by atoms with Crippen LogP contribution in [0.4, 0.5) is 0 Å². The van der Waals surface area contributed by atoms with Crippen LogP contribution in [-0.4, -0.2) is 18.5 Å². The summed E-state index contributed by atoms with van der Waals surface area (Å²) < 4.78 is 5.66. The van der Waals surface area contributed by atoms with E-state index in [9.17, 15) is 0 Å². The van der Waals surface area contributed by atoms with E-state index >= 15 is 0 Å². The van der Waals surface area contributed by atoms with Gasteiger partial charge in [-0.1, -0.05) is 26.7 Å². The second-order valence-electron chi connectivity index (χ2n) is 3.96. The Morgan fingerprint density at radius 1 is 1.00 bits per heavy atom. The van der Waals surface area contributed by atoms with Crippen molar-refractivity contribution in [2.45, 2.75) is 52.6 Å². The minimum absolute atomic E-state index is 0.407. The molecular weight excluding hydrogens is 180 g/mol. The summed E-state index contributed by atoms with van der Waals surface area (Å²) in [6.45, 7) is 7.47. The van der Waals surface area contributed by atoms with Crippen LogP contribution in [0.25, 0.3) is 0 Å². The zero-order valence-corrected chi connectivity index (χ0v) is 10.1. The molecular formula is C11H24OS. The first kappa shape index (κ1) is 13.3. The van der Waals surface area contributed by atoms with Crippen LogP contribution in [0.5, 0.6) is 0 Å². The molecule has 0 aliphatic heterocycles. The average molecular weight is 204 g/mol. The van der Waals surface area contributed by atoms with E-state index in [2.05, 4.69) is 33.4 Å². The van der Waals surface area contributed by atoms with Gasteiger partial charge in [0, 0.05) is 6.61 Å². The van der Waals surface area contributed by atoms with Gasteiger partial charge in [-0.15, -0.1) is 0 Å². The SMILES string of the molecule is CC(C)C(C)OCCCCCCS. The Labute approximate surface area is 88.7 Å². The summed E-state index contributed by atoms with van der Waals surface area (Å²) in [6.07, 6.45) is 5.42. The molecule has 1 unspecified atom stereocenters. The predicted octanol–water partition coefficient (Wildman–Crippen LogP) is 3.54. The third kappa shape index (κ3) is 8.63. The van der Waals surface area contributed by atoms with Gasteiger partial charge in [-0.05, 0) is 31.4 Å². The van der Waals surface area contributed by atoms with Crippen molar-refractivity contribution in [1.29, 1.82) is 0 Å². The van der Waals surface area contributed by atoms with Crippen LogP contribution in [-0.2, 0) is 4.74 Å². The molecule has 0 saturated heterocycles. The zero-order valence-electron chi connectivity index (χ0n) is 9.25. The number of unbranched alkanes of at least 4 members (excludes halogenated alkanes) is 3. The molecule has 0 aromatic heterocycles. The fraction of sp³-hybridized carbons (Fsp3) is 1.00. The highest BCUT2D eigenvalue weighted by molar-refractivity contribution is 7.80. The van der Waals surface area contributed by atoms with E-state index in [0.717, 1.165) is 12.4 Å². The topological polar surface area (TPSA) is 9.23 Å². The zero-order chi connectivity index (χ0) is 10.1. The normalized spacial score (nSPS) is 13.6. The van der Waals surface area contributed by atoms with E-state index in [0.29, 0.717) is 12.0 Å². The van der Waals surface area contributed by atoms with Crippen molar-refractivity contribution in [3.8, 4) is 0 Å². The van der Waals surface area contributed by atoms with E-state index in [1.54, 1.807) is 0 Å². The van der Waals surface area contributed by atoms with Crippen LogP contribution in [0.3, 0.4) is 0 Å². The van der Waals surface area contributed by atoms with Crippen molar-refractivity contribution in [2.24, 2.45) is 5.92 Å². The Hall–Kier alpha value is 0.310. The van der Waals surface area contributed by atoms with Crippen LogP contribution in [0, 0.1) is 5.92 Å². The lowest BCUT2D eigenvalue weighted by molar-refractivity contribution is 0.0332. The molecule has 0 fully saturated rings. The second kappa shape index (κ2) is 8.89. The van der Waals surface area contributed by atoms with E-state index in [-0.39, 0.29) is 0 Å². The quantitative estimate of drug-likeness (QED) is 0.470. The predicted molar refractivity (Wildman–Crippen MR) is 62.6 cm³/mol. The molecule has 13 heavy (non-hydrogen) atoms. The fourth-order valence-corrected chi connectivity index (χ4v) is 1.25. The van der Waals surface area contributed by atoms with Crippen molar-refractivity contribution in [2.75, 3.05) is 12.4 Å². The van der Waals surface area contributed by atoms with Gasteiger partial charge in [0.05, 0.1) is 6.10 Å². The summed E-state index contributed by atoms with van der Waals surface area (Å²) in [6, 6.07) is 0. The van der Waals surface area contributed by atoms with Gasteiger partial charge in [-0.3, -0.25) is 0 Å². The van der Waals surface area contributed by atoms with Crippen molar-refractivity contribution in [3.63, 3.8) is 0 Å². The molecule has 0 radical (unpaired) electrons. The number of hydrogen-bond donors (Lipinski definition) is 1. The molecule has 0 aromatic rings. The first-order valence-corrected chi connectivity index (χ1v) is 6.04. The second-order valence-corrected chi connectivity index (χ2v) is 4.40. The largest absolute Gasteiger partial charge is 0.378 e. The standard InChI is InChI=1S/C11H24OS/c1-10(2)11(3)12-8-6-4-5-7-9-13/h10-11,13H,4-9H2,1-3H3. The smallest absolute Gasteiger partial charge is 0.0569 e. The summed E-state index contributed by atoms with van der Waals surface area (Å²) in [5.74, 6) is 1.65. The molecule has 0 aliphatic carbocycles. The summed E-state index contributed by atoms with van der Waals surface area (Å²) in [5.41, 5.74) is 0. The molecule has 0 aromatic carbocycles. The van der Waals surface area contributed by atoms with Gasteiger partial charge in [-0.2, -0.15) is 12.6 Å². The molecule has 0 bridgehead atoms. The Kier molecular flexibility index (Phi) is 9.10. The highest BCUT2D eigenvalue weighted by atomic mass is 32.1. The van der Waals surface area contributed by atoms with Gasteiger partial charge >= 0.3 is 0 Å². The first-order chi connectivity index (χ1) is 6.18. The highest BCUT2D eigenvalue weighted by Crippen LogP contribution is 2.07. The minimum Gasteiger partial charge on any atom is -0.378 e.